The summed E-state index contributed by atoms with van der Waals surface area (Å²) in [7, 11) is 0. The molecule has 0 aromatic heterocycles. The van der Waals surface area contributed by atoms with Crippen molar-refractivity contribution >= 4 is 28.4 Å². The fraction of sp³-hybridized carbons (Fsp3) is 0.276. The quantitative estimate of drug-likeness (QED) is 0.177. The molecule has 1 heterocycles. The molecule has 1 saturated heterocycles. The molecule has 0 saturated carbocycles. The maximum absolute atomic E-state index is 13.0. The Morgan fingerprint density at radius 3 is 2.56 bits per heavy atom. The van der Waals surface area contributed by atoms with E-state index in [0.29, 0.717) is 24.4 Å². The Kier molecular flexibility index (Phi) is 7.68. The van der Waals surface area contributed by atoms with Crippen molar-refractivity contribution in [1.29, 1.82) is 10.8 Å². The number of amidine groups is 2. The van der Waals surface area contributed by atoms with Gasteiger partial charge in [0, 0.05) is 18.5 Å². The Hall–Kier alpha value is -4.13. The normalized spacial score (nSPS) is 15.9. The van der Waals surface area contributed by atoms with E-state index in [-0.39, 0.29) is 24.5 Å². The zero-order valence-electron chi connectivity index (χ0n) is 20.5. The van der Waals surface area contributed by atoms with Gasteiger partial charge in [0.1, 0.15) is 24.3 Å². The maximum Gasteiger partial charge on any atom is 0.314 e. The van der Waals surface area contributed by atoms with Crippen LogP contribution in [0, 0.1) is 10.8 Å². The number of nitrogens with two attached hydrogens (primary N) is 1. The summed E-state index contributed by atoms with van der Waals surface area (Å²) in [6, 6.07) is 19.3. The summed E-state index contributed by atoms with van der Waals surface area (Å²) in [6.07, 6.45) is 2.95. The molecule has 0 radical (unpaired) electrons. The van der Waals surface area contributed by atoms with E-state index in [0.717, 1.165) is 40.6 Å². The molecule has 4 N–H and O–H groups in total. The Balaban J connectivity index is 1.54. The minimum atomic E-state index is -0.491. The third-order valence-electron chi connectivity index (χ3n) is 6.49. The molecule has 0 unspecified atom stereocenters. The van der Waals surface area contributed by atoms with Crippen LogP contribution in [-0.2, 0) is 16.0 Å². The highest BCUT2D eigenvalue weighted by Crippen LogP contribution is 2.28. The maximum atomic E-state index is 13.0. The van der Waals surface area contributed by atoms with Crippen LogP contribution in [0.4, 0.5) is 0 Å². The number of esters is 1. The summed E-state index contributed by atoms with van der Waals surface area (Å²) >= 11 is 0. The Bertz CT molecular complexity index is 1290. The first-order valence-electron chi connectivity index (χ1n) is 12.1. The van der Waals surface area contributed by atoms with E-state index in [1.165, 1.54) is 0 Å². The lowest BCUT2D eigenvalue weighted by Crippen LogP contribution is -2.28. The Morgan fingerprint density at radius 2 is 1.89 bits per heavy atom. The van der Waals surface area contributed by atoms with Crippen LogP contribution in [0.3, 0.4) is 0 Å². The number of fused-ring (bicyclic) bond motifs is 1. The molecule has 7 heteroatoms. The number of likely N-dealkylation sites (tertiary alicyclic amines) is 1. The lowest BCUT2D eigenvalue weighted by molar-refractivity contribution is -0.144. The van der Waals surface area contributed by atoms with Gasteiger partial charge in [0.25, 0.3) is 0 Å². The van der Waals surface area contributed by atoms with Crippen molar-refractivity contribution < 1.29 is 14.3 Å². The molecule has 4 rings (SSSR count). The molecular weight excluding hydrogens is 452 g/mol. The molecule has 36 heavy (non-hydrogen) atoms. The molecule has 7 nitrogen and oxygen atoms in total. The lowest BCUT2D eigenvalue weighted by Gasteiger charge is -2.19. The molecule has 0 spiro atoms. The number of nitrogen functional groups attached to an aromatic ring is 1. The number of rotatable bonds is 9. The molecule has 0 amide bonds. The largest absolute Gasteiger partial charge is 0.489 e. The van der Waals surface area contributed by atoms with Gasteiger partial charge in [0.05, 0.1) is 18.3 Å². The second-order valence-corrected chi connectivity index (χ2v) is 9.11. The lowest BCUT2D eigenvalue weighted by atomic mass is 9.91. The van der Waals surface area contributed by atoms with Gasteiger partial charge in [-0.05, 0) is 53.4 Å². The van der Waals surface area contributed by atoms with Gasteiger partial charge < -0.3 is 20.1 Å². The van der Waals surface area contributed by atoms with Crippen LogP contribution < -0.4 is 10.5 Å². The highest BCUT2D eigenvalue weighted by Gasteiger charge is 2.25. The second-order valence-electron chi connectivity index (χ2n) is 9.11. The van der Waals surface area contributed by atoms with E-state index >= 15 is 0 Å². The monoisotopic (exact) mass is 484 g/mol. The van der Waals surface area contributed by atoms with Crippen molar-refractivity contribution in [3.05, 3.63) is 90.0 Å². The van der Waals surface area contributed by atoms with E-state index in [2.05, 4.69) is 6.58 Å². The molecule has 0 aliphatic carbocycles. The van der Waals surface area contributed by atoms with Gasteiger partial charge in [0.15, 0.2) is 0 Å². The molecule has 1 aliphatic rings. The van der Waals surface area contributed by atoms with E-state index < -0.39 is 5.92 Å². The van der Waals surface area contributed by atoms with Crippen molar-refractivity contribution in [1.82, 2.24) is 4.90 Å². The van der Waals surface area contributed by atoms with Crippen molar-refractivity contribution in [2.45, 2.75) is 31.8 Å². The number of nitrogens with one attached hydrogen (secondary N) is 2. The molecule has 1 aliphatic heterocycles. The predicted molar refractivity (Wildman–Crippen MR) is 143 cm³/mol. The van der Waals surface area contributed by atoms with Gasteiger partial charge in [0.2, 0.25) is 0 Å². The molecule has 1 fully saturated rings. The topological polar surface area (TPSA) is 112 Å². The number of hydrogen-bond donors (Lipinski definition) is 3. The number of nitrogens with zero attached hydrogens (tertiary/aromatic N) is 1. The zero-order chi connectivity index (χ0) is 25.7. The highest BCUT2D eigenvalue weighted by molar-refractivity contribution is 5.99. The van der Waals surface area contributed by atoms with Crippen LogP contribution in [0.25, 0.3) is 10.8 Å². The van der Waals surface area contributed by atoms with Crippen LogP contribution in [-0.4, -0.2) is 48.3 Å². The molecule has 186 valence electrons. The summed E-state index contributed by atoms with van der Waals surface area (Å²) in [4.78, 5) is 15.0. The van der Waals surface area contributed by atoms with Crippen molar-refractivity contribution in [2.24, 2.45) is 5.73 Å². The van der Waals surface area contributed by atoms with Gasteiger partial charge in [-0.25, -0.2) is 0 Å². The minimum Gasteiger partial charge on any atom is -0.489 e. The molecule has 0 bridgehead atoms. The average Bonchev–Trinajstić information content (AvgIpc) is 3.35. The first-order valence-corrected chi connectivity index (χ1v) is 12.1. The number of carbonyl (C=O) groups is 1. The third-order valence-corrected chi connectivity index (χ3v) is 6.49. The summed E-state index contributed by atoms with van der Waals surface area (Å²) in [5.74, 6) is 0.523. The smallest absolute Gasteiger partial charge is 0.314 e. The summed E-state index contributed by atoms with van der Waals surface area (Å²) in [6.45, 7) is 7.13. The number of hydrogen-bond acceptors (Lipinski definition) is 5. The minimum absolute atomic E-state index is 0.0220. The van der Waals surface area contributed by atoms with Crippen molar-refractivity contribution in [3.63, 3.8) is 0 Å². The summed E-state index contributed by atoms with van der Waals surface area (Å²) < 4.78 is 11.5. The van der Waals surface area contributed by atoms with Crippen molar-refractivity contribution in [3.8, 4) is 5.75 Å². The summed E-state index contributed by atoms with van der Waals surface area (Å²) in [5.41, 5.74) is 8.15. The predicted octanol–water partition coefficient (Wildman–Crippen LogP) is 4.63. The van der Waals surface area contributed by atoms with E-state index in [4.69, 9.17) is 26.0 Å². The van der Waals surface area contributed by atoms with E-state index in [9.17, 15) is 4.79 Å². The highest BCUT2D eigenvalue weighted by atomic mass is 16.5. The third kappa shape index (κ3) is 5.92. The Labute approximate surface area is 211 Å². The Morgan fingerprint density at radius 1 is 1.14 bits per heavy atom. The molecule has 3 aromatic rings. The van der Waals surface area contributed by atoms with Gasteiger partial charge in [-0.1, -0.05) is 55.1 Å². The van der Waals surface area contributed by atoms with Gasteiger partial charge in [-0.2, -0.15) is 0 Å². The number of benzene rings is 3. The van der Waals surface area contributed by atoms with Crippen LogP contribution in [0.2, 0.25) is 0 Å². The van der Waals surface area contributed by atoms with Crippen LogP contribution in [0.15, 0.2) is 73.3 Å². The first kappa shape index (κ1) is 25.0. The number of ether oxygens (including phenoxy) is 2. The number of carbonyl (C=O) groups excluding carboxylic acids is 1. The fourth-order valence-corrected chi connectivity index (χ4v) is 4.51. The van der Waals surface area contributed by atoms with E-state index in [1.807, 2.05) is 65.6 Å². The molecule has 2 atom stereocenters. The van der Waals surface area contributed by atoms with Crippen LogP contribution in [0.1, 0.15) is 36.0 Å². The molecular formula is C29H32N4O3. The van der Waals surface area contributed by atoms with Crippen LogP contribution >= 0.6 is 0 Å². The molecule has 3 aromatic carbocycles. The van der Waals surface area contributed by atoms with Gasteiger partial charge >= 0.3 is 5.97 Å². The van der Waals surface area contributed by atoms with Gasteiger partial charge in [-0.3, -0.25) is 15.6 Å². The SMILES string of the molecule is C=CCOC(=O)[C@@H](Cc1ccc2ccc(C(=N)N)cc2c1)c1ccc(O[C@H]2CCN(C(C)=N)C2)cc1. The zero-order valence-corrected chi connectivity index (χ0v) is 20.5. The first-order chi connectivity index (χ1) is 17.3. The summed E-state index contributed by atoms with van der Waals surface area (Å²) in [5, 5.41) is 17.5. The fourth-order valence-electron chi connectivity index (χ4n) is 4.51. The second kappa shape index (κ2) is 11.1. The van der Waals surface area contributed by atoms with Gasteiger partial charge in [-0.15, -0.1) is 0 Å². The standard InChI is InChI=1S/C29H32N4O3/c1-3-14-35-29(34)27(16-20-4-5-21-6-7-23(28(31)32)17-24(21)15-20)22-8-10-25(11-9-22)36-26-12-13-33(18-26)19(2)30/h3-11,15,17,26-27,30H,1,12-14,16,18H2,2H3,(H3,31,32)/t26-,27-/m0/s1. The van der Waals surface area contributed by atoms with E-state index in [1.54, 1.807) is 13.0 Å². The van der Waals surface area contributed by atoms with Crippen LogP contribution in [0.5, 0.6) is 5.75 Å². The van der Waals surface area contributed by atoms with Crippen molar-refractivity contribution in [2.75, 3.05) is 19.7 Å². The average molecular weight is 485 g/mol.